The number of H-pyrrole nitrogens is 1. The van der Waals surface area contributed by atoms with Gasteiger partial charge in [0.25, 0.3) is 11.5 Å². The Kier molecular flexibility index (Phi) is 7.23. The van der Waals surface area contributed by atoms with E-state index in [1.807, 2.05) is 36.4 Å². The summed E-state index contributed by atoms with van der Waals surface area (Å²) in [6, 6.07) is 20.8. The molecule has 0 radical (unpaired) electrons. The molecule has 3 aromatic carbocycles. The number of nitrogens with zero attached hydrogens (tertiary/aromatic N) is 2. The van der Waals surface area contributed by atoms with Gasteiger partial charge in [-0.1, -0.05) is 24.3 Å². The molecule has 0 bridgehead atoms. The van der Waals surface area contributed by atoms with E-state index in [9.17, 15) is 9.59 Å². The van der Waals surface area contributed by atoms with Crippen molar-refractivity contribution in [2.45, 2.75) is 19.9 Å². The fourth-order valence-corrected chi connectivity index (χ4v) is 4.70. The average Bonchev–Trinajstić information content (AvgIpc) is 3.39. The number of amides is 1. The van der Waals surface area contributed by atoms with Gasteiger partial charge in [-0.05, 0) is 73.6 Å². The molecule has 2 heterocycles. The smallest absolute Gasteiger partial charge is 0.262 e. The van der Waals surface area contributed by atoms with Crippen LogP contribution < -0.4 is 25.2 Å². The molecule has 9 heteroatoms. The van der Waals surface area contributed by atoms with Gasteiger partial charge in [-0.15, -0.1) is 0 Å². The fourth-order valence-electron chi connectivity index (χ4n) is 4.44. The van der Waals surface area contributed by atoms with Crippen LogP contribution in [0, 0.1) is 4.77 Å². The maximum Gasteiger partial charge on any atom is 0.262 e. The molecule has 0 spiro atoms. The summed E-state index contributed by atoms with van der Waals surface area (Å²) in [5.41, 5.74) is 2.83. The van der Waals surface area contributed by atoms with Crippen LogP contribution in [-0.4, -0.2) is 41.9 Å². The second kappa shape index (κ2) is 10.9. The molecule has 2 N–H and O–H groups in total. The number of carbonyl (C=O) groups excluding carboxylic acids is 1. The van der Waals surface area contributed by atoms with Crippen LogP contribution in [0.1, 0.15) is 29.3 Å². The van der Waals surface area contributed by atoms with Gasteiger partial charge < -0.3 is 24.7 Å². The van der Waals surface area contributed by atoms with Gasteiger partial charge in [0.05, 0.1) is 17.4 Å². The SMILES string of the molecule is CCN(CCCNC(=O)c1ccc2c(=O)n(Cc3ccc4c(c3)OCO4)c(=S)[nH]c2c1)c1ccccc1. The highest BCUT2D eigenvalue weighted by molar-refractivity contribution is 7.71. The number of ether oxygens (including phenoxy) is 2. The Bertz CT molecular complexity index is 1550. The van der Waals surface area contributed by atoms with E-state index in [1.165, 1.54) is 10.3 Å². The second-order valence-electron chi connectivity index (χ2n) is 8.79. The summed E-state index contributed by atoms with van der Waals surface area (Å²) in [4.78, 5) is 31.4. The summed E-state index contributed by atoms with van der Waals surface area (Å²) in [6.45, 7) is 4.89. The van der Waals surface area contributed by atoms with Crippen LogP contribution in [0.25, 0.3) is 10.9 Å². The molecule has 37 heavy (non-hydrogen) atoms. The van der Waals surface area contributed by atoms with E-state index in [1.54, 1.807) is 18.2 Å². The van der Waals surface area contributed by atoms with Gasteiger partial charge in [0.1, 0.15) is 0 Å². The predicted molar refractivity (Wildman–Crippen MR) is 146 cm³/mol. The first kappa shape index (κ1) is 24.6. The molecular formula is C28H28N4O4S. The van der Waals surface area contributed by atoms with E-state index in [-0.39, 0.29) is 23.0 Å². The summed E-state index contributed by atoms with van der Waals surface area (Å²) in [7, 11) is 0. The van der Waals surface area contributed by atoms with Crippen molar-refractivity contribution >= 4 is 34.7 Å². The normalized spacial score (nSPS) is 12.0. The third kappa shape index (κ3) is 5.36. The standard InChI is InChI=1S/C28H28N4O4S/c1-2-31(21-7-4-3-5-8-21)14-6-13-29-26(33)20-10-11-22-23(16-20)30-28(37)32(27(22)34)17-19-9-12-24-25(15-19)36-18-35-24/h3-5,7-12,15-16H,2,6,13-14,17-18H2,1H3,(H,29,33)(H,30,37). The number of anilines is 1. The zero-order valence-corrected chi connectivity index (χ0v) is 21.3. The first-order chi connectivity index (χ1) is 18.0. The first-order valence-electron chi connectivity index (χ1n) is 12.3. The minimum Gasteiger partial charge on any atom is -0.454 e. The van der Waals surface area contributed by atoms with Crippen LogP contribution in [-0.2, 0) is 6.54 Å². The third-order valence-corrected chi connectivity index (χ3v) is 6.74. The van der Waals surface area contributed by atoms with E-state index in [0.717, 1.165) is 25.1 Å². The van der Waals surface area contributed by atoms with E-state index >= 15 is 0 Å². The highest BCUT2D eigenvalue weighted by Gasteiger charge is 2.15. The van der Waals surface area contributed by atoms with Gasteiger partial charge in [0.2, 0.25) is 6.79 Å². The number of carbonyl (C=O) groups is 1. The lowest BCUT2D eigenvalue weighted by Gasteiger charge is -2.23. The van der Waals surface area contributed by atoms with Crippen LogP contribution in [0.5, 0.6) is 11.5 Å². The van der Waals surface area contributed by atoms with Crippen LogP contribution in [0.15, 0.2) is 71.5 Å². The van der Waals surface area contributed by atoms with Crippen molar-refractivity contribution in [1.82, 2.24) is 14.9 Å². The van der Waals surface area contributed by atoms with Gasteiger partial charge in [0, 0.05) is 30.9 Å². The lowest BCUT2D eigenvalue weighted by Crippen LogP contribution is -2.30. The first-order valence-corrected chi connectivity index (χ1v) is 12.7. The summed E-state index contributed by atoms with van der Waals surface area (Å²) >= 11 is 5.48. The minimum absolute atomic E-state index is 0.187. The number of fused-ring (bicyclic) bond motifs is 2. The van der Waals surface area contributed by atoms with E-state index in [0.29, 0.717) is 41.1 Å². The van der Waals surface area contributed by atoms with Gasteiger partial charge in [0.15, 0.2) is 16.3 Å². The summed E-state index contributed by atoms with van der Waals surface area (Å²) in [5.74, 6) is 1.15. The Morgan fingerprint density at radius 1 is 1.08 bits per heavy atom. The fraction of sp³-hybridized carbons (Fsp3) is 0.250. The van der Waals surface area contributed by atoms with Crippen molar-refractivity contribution < 1.29 is 14.3 Å². The van der Waals surface area contributed by atoms with Crippen molar-refractivity contribution in [2.75, 3.05) is 31.3 Å². The van der Waals surface area contributed by atoms with E-state index < -0.39 is 0 Å². The van der Waals surface area contributed by atoms with Gasteiger partial charge in [-0.3, -0.25) is 14.2 Å². The Hall–Kier alpha value is -4.11. The molecule has 1 aliphatic heterocycles. The number of rotatable bonds is 9. The Morgan fingerprint density at radius 2 is 1.89 bits per heavy atom. The molecule has 0 atom stereocenters. The molecule has 1 amide bonds. The number of aromatic nitrogens is 2. The van der Waals surface area contributed by atoms with Gasteiger partial charge in [-0.25, -0.2) is 0 Å². The molecule has 1 aromatic heterocycles. The molecule has 0 unspecified atom stereocenters. The molecule has 0 saturated carbocycles. The van der Waals surface area contributed by atoms with Crippen LogP contribution in [0.4, 0.5) is 5.69 Å². The largest absolute Gasteiger partial charge is 0.454 e. The Labute approximate surface area is 219 Å². The Morgan fingerprint density at radius 3 is 2.70 bits per heavy atom. The average molecular weight is 517 g/mol. The minimum atomic E-state index is -0.219. The molecule has 8 nitrogen and oxygen atoms in total. The van der Waals surface area contributed by atoms with Crippen molar-refractivity contribution in [3.63, 3.8) is 0 Å². The molecule has 0 fully saturated rings. The predicted octanol–water partition coefficient (Wildman–Crippen LogP) is 4.48. The van der Waals surface area contributed by atoms with E-state index in [2.05, 4.69) is 34.3 Å². The van der Waals surface area contributed by atoms with E-state index in [4.69, 9.17) is 21.7 Å². The molecule has 4 aromatic rings. The van der Waals surface area contributed by atoms with Gasteiger partial charge >= 0.3 is 0 Å². The quantitative estimate of drug-likeness (QED) is 0.252. The monoisotopic (exact) mass is 516 g/mol. The molecule has 190 valence electrons. The molecule has 0 aliphatic carbocycles. The highest BCUT2D eigenvalue weighted by atomic mass is 32.1. The zero-order valence-electron chi connectivity index (χ0n) is 20.5. The summed E-state index contributed by atoms with van der Waals surface area (Å²) in [6.07, 6.45) is 0.815. The maximum atomic E-state index is 13.2. The number of hydrogen-bond donors (Lipinski definition) is 2. The van der Waals surface area contributed by atoms with Crippen molar-refractivity contribution in [3.8, 4) is 11.5 Å². The highest BCUT2D eigenvalue weighted by Crippen LogP contribution is 2.32. The van der Waals surface area contributed by atoms with Crippen molar-refractivity contribution in [1.29, 1.82) is 0 Å². The van der Waals surface area contributed by atoms with Crippen LogP contribution in [0.3, 0.4) is 0 Å². The summed E-state index contributed by atoms with van der Waals surface area (Å²) in [5, 5.41) is 3.44. The number of aromatic amines is 1. The second-order valence-corrected chi connectivity index (χ2v) is 9.18. The topological polar surface area (TPSA) is 88.6 Å². The number of para-hydroxylation sites is 1. The van der Waals surface area contributed by atoms with Crippen molar-refractivity contribution in [2.24, 2.45) is 0 Å². The molecule has 5 rings (SSSR count). The number of benzene rings is 3. The molecule has 1 aliphatic rings. The third-order valence-electron chi connectivity index (χ3n) is 6.42. The van der Waals surface area contributed by atoms with Crippen LogP contribution in [0.2, 0.25) is 0 Å². The number of hydrogen-bond acceptors (Lipinski definition) is 6. The number of nitrogens with one attached hydrogen (secondary N) is 2. The Balaban J connectivity index is 1.25. The molecular weight excluding hydrogens is 488 g/mol. The van der Waals surface area contributed by atoms with Crippen LogP contribution >= 0.6 is 12.2 Å². The maximum absolute atomic E-state index is 13.2. The van der Waals surface area contributed by atoms with Crippen molar-refractivity contribution in [3.05, 3.63) is 93.0 Å². The lowest BCUT2D eigenvalue weighted by molar-refractivity contribution is 0.0953. The lowest BCUT2D eigenvalue weighted by atomic mass is 10.1. The molecule has 0 saturated heterocycles. The van der Waals surface area contributed by atoms with Gasteiger partial charge in [-0.2, -0.15) is 0 Å². The zero-order chi connectivity index (χ0) is 25.8. The summed E-state index contributed by atoms with van der Waals surface area (Å²) < 4.78 is 12.6.